The molecule has 1 aliphatic carbocycles. The van der Waals surface area contributed by atoms with Gasteiger partial charge in [-0.1, -0.05) is 42.5 Å². The van der Waals surface area contributed by atoms with Crippen molar-refractivity contribution in [2.24, 2.45) is 0 Å². The SMILES string of the molecule is CC1(C)NCC(c2ccccc2)=C2C=CCC(F)=C21. The maximum atomic E-state index is 14.3. The largest absolute Gasteiger partial charge is 0.304 e. The third-order valence-corrected chi connectivity index (χ3v) is 3.90. The molecule has 2 aliphatic rings. The van der Waals surface area contributed by atoms with E-state index in [-0.39, 0.29) is 11.4 Å². The summed E-state index contributed by atoms with van der Waals surface area (Å²) in [6, 6.07) is 10.2. The number of fused-ring (bicyclic) bond motifs is 1. The molecular weight excluding hydrogens is 237 g/mol. The van der Waals surface area contributed by atoms with Crippen LogP contribution in [0.25, 0.3) is 5.57 Å². The second-order valence-electron chi connectivity index (χ2n) is 5.62. The molecule has 0 saturated heterocycles. The molecule has 0 amide bonds. The summed E-state index contributed by atoms with van der Waals surface area (Å²) in [6.45, 7) is 4.86. The van der Waals surface area contributed by atoms with Crippen LogP contribution in [0.15, 0.2) is 59.5 Å². The molecule has 19 heavy (non-hydrogen) atoms. The van der Waals surface area contributed by atoms with Gasteiger partial charge in [0.25, 0.3) is 0 Å². The van der Waals surface area contributed by atoms with Crippen LogP contribution in [0.3, 0.4) is 0 Å². The number of hydrogen-bond donors (Lipinski definition) is 1. The van der Waals surface area contributed by atoms with Gasteiger partial charge in [0.2, 0.25) is 0 Å². The zero-order chi connectivity index (χ0) is 13.5. The molecule has 1 N–H and O–H groups in total. The number of nitrogens with one attached hydrogen (secondary N) is 1. The highest BCUT2D eigenvalue weighted by Crippen LogP contribution is 2.40. The Morgan fingerprint density at radius 2 is 1.89 bits per heavy atom. The average Bonchev–Trinajstić information content (AvgIpc) is 2.39. The lowest BCUT2D eigenvalue weighted by molar-refractivity contribution is 0.447. The summed E-state index contributed by atoms with van der Waals surface area (Å²) in [6.07, 6.45) is 4.40. The molecule has 3 rings (SSSR count). The molecule has 0 saturated carbocycles. The van der Waals surface area contributed by atoms with Gasteiger partial charge < -0.3 is 5.32 Å². The van der Waals surface area contributed by atoms with Crippen molar-refractivity contribution in [3.63, 3.8) is 0 Å². The highest BCUT2D eigenvalue weighted by molar-refractivity contribution is 5.79. The molecule has 1 aromatic rings. The predicted octanol–water partition coefficient (Wildman–Crippen LogP) is 4.01. The number of hydrogen-bond acceptors (Lipinski definition) is 1. The first-order valence-electron chi connectivity index (χ1n) is 6.69. The van der Waals surface area contributed by atoms with Crippen LogP contribution in [0.5, 0.6) is 0 Å². The number of benzene rings is 1. The van der Waals surface area contributed by atoms with Crippen LogP contribution in [0.2, 0.25) is 0 Å². The van der Waals surface area contributed by atoms with E-state index in [1.54, 1.807) is 0 Å². The van der Waals surface area contributed by atoms with Gasteiger partial charge in [0.05, 0.1) is 0 Å². The topological polar surface area (TPSA) is 12.0 Å². The van der Waals surface area contributed by atoms with Gasteiger partial charge in [0, 0.05) is 24.1 Å². The smallest absolute Gasteiger partial charge is 0.109 e. The zero-order valence-electron chi connectivity index (χ0n) is 11.3. The molecule has 0 radical (unpaired) electrons. The van der Waals surface area contributed by atoms with E-state index >= 15 is 0 Å². The Morgan fingerprint density at radius 1 is 1.16 bits per heavy atom. The van der Waals surface area contributed by atoms with Gasteiger partial charge in [0.15, 0.2) is 0 Å². The maximum Gasteiger partial charge on any atom is 0.109 e. The Bertz CT molecular complexity index is 591. The third kappa shape index (κ3) is 2.06. The van der Waals surface area contributed by atoms with Crippen molar-refractivity contribution in [2.45, 2.75) is 25.8 Å². The lowest BCUT2D eigenvalue weighted by Crippen LogP contribution is -2.46. The van der Waals surface area contributed by atoms with Crippen LogP contribution in [0.1, 0.15) is 25.8 Å². The molecule has 1 heterocycles. The normalized spacial score (nSPS) is 21.6. The van der Waals surface area contributed by atoms with Gasteiger partial charge in [-0.25, -0.2) is 4.39 Å². The fraction of sp³-hybridized carbons (Fsp3) is 0.294. The molecule has 0 aromatic heterocycles. The van der Waals surface area contributed by atoms with E-state index in [4.69, 9.17) is 0 Å². The quantitative estimate of drug-likeness (QED) is 0.799. The van der Waals surface area contributed by atoms with E-state index in [0.717, 1.165) is 23.3 Å². The highest BCUT2D eigenvalue weighted by Gasteiger charge is 2.35. The van der Waals surface area contributed by atoms with Crippen LogP contribution in [-0.2, 0) is 0 Å². The lowest BCUT2D eigenvalue weighted by atomic mass is 9.77. The third-order valence-electron chi connectivity index (χ3n) is 3.90. The summed E-state index contributed by atoms with van der Waals surface area (Å²) in [5.41, 5.74) is 3.92. The molecule has 0 fully saturated rings. The van der Waals surface area contributed by atoms with Crippen molar-refractivity contribution in [1.82, 2.24) is 5.32 Å². The first-order valence-corrected chi connectivity index (χ1v) is 6.69. The second kappa shape index (κ2) is 4.46. The van der Waals surface area contributed by atoms with Crippen LogP contribution in [0.4, 0.5) is 4.39 Å². The zero-order valence-corrected chi connectivity index (χ0v) is 11.3. The van der Waals surface area contributed by atoms with Crippen molar-refractivity contribution in [1.29, 1.82) is 0 Å². The van der Waals surface area contributed by atoms with Gasteiger partial charge in [-0.2, -0.15) is 0 Å². The van der Waals surface area contributed by atoms with E-state index in [9.17, 15) is 4.39 Å². The van der Waals surface area contributed by atoms with Crippen LogP contribution in [0, 0.1) is 0 Å². The first-order chi connectivity index (χ1) is 9.09. The minimum absolute atomic E-state index is 0.0110. The van der Waals surface area contributed by atoms with E-state index < -0.39 is 0 Å². The van der Waals surface area contributed by atoms with Crippen molar-refractivity contribution in [3.05, 3.63) is 65.0 Å². The Labute approximate surface area is 113 Å². The molecule has 1 nitrogen and oxygen atoms in total. The van der Waals surface area contributed by atoms with Crippen molar-refractivity contribution < 1.29 is 4.39 Å². The second-order valence-corrected chi connectivity index (χ2v) is 5.62. The molecule has 98 valence electrons. The number of allylic oxidation sites excluding steroid dienone is 3. The summed E-state index contributed by atoms with van der Waals surface area (Å²) >= 11 is 0. The van der Waals surface area contributed by atoms with Gasteiger partial charge in [-0.05, 0) is 30.6 Å². The van der Waals surface area contributed by atoms with E-state index in [1.165, 1.54) is 5.57 Å². The van der Waals surface area contributed by atoms with E-state index in [0.29, 0.717) is 6.42 Å². The Kier molecular flexibility index (Phi) is 2.90. The molecule has 0 atom stereocenters. The Hall–Kier alpha value is -1.67. The monoisotopic (exact) mass is 255 g/mol. The minimum atomic E-state index is -0.303. The van der Waals surface area contributed by atoms with Crippen LogP contribution < -0.4 is 5.32 Å². The average molecular weight is 255 g/mol. The summed E-state index contributed by atoms with van der Waals surface area (Å²) in [5, 5.41) is 3.45. The van der Waals surface area contributed by atoms with Crippen LogP contribution >= 0.6 is 0 Å². The van der Waals surface area contributed by atoms with E-state index in [1.807, 2.05) is 38.1 Å². The molecule has 0 spiro atoms. The lowest BCUT2D eigenvalue weighted by Gasteiger charge is -2.38. The van der Waals surface area contributed by atoms with Crippen molar-refractivity contribution in [3.8, 4) is 0 Å². The van der Waals surface area contributed by atoms with Gasteiger partial charge in [0.1, 0.15) is 5.83 Å². The van der Waals surface area contributed by atoms with Crippen molar-refractivity contribution in [2.75, 3.05) is 6.54 Å². The van der Waals surface area contributed by atoms with Gasteiger partial charge in [-0.15, -0.1) is 0 Å². The Balaban J connectivity index is 2.20. The maximum absolute atomic E-state index is 14.3. The number of rotatable bonds is 1. The summed E-state index contributed by atoms with van der Waals surface area (Å²) in [5.74, 6) is -0.0110. The predicted molar refractivity (Wildman–Crippen MR) is 77.3 cm³/mol. The molecule has 0 bridgehead atoms. The summed E-state index contributed by atoms with van der Waals surface area (Å²) in [7, 11) is 0. The summed E-state index contributed by atoms with van der Waals surface area (Å²) in [4.78, 5) is 0. The fourth-order valence-corrected chi connectivity index (χ4v) is 2.93. The highest BCUT2D eigenvalue weighted by atomic mass is 19.1. The van der Waals surface area contributed by atoms with Gasteiger partial charge >= 0.3 is 0 Å². The summed E-state index contributed by atoms with van der Waals surface area (Å²) < 4.78 is 14.3. The molecule has 2 heteroatoms. The van der Waals surface area contributed by atoms with Gasteiger partial charge in [-0.3, -0.25) is 0 Å². The Morgan fingerprint density at radius 3 is 2.63 bits per heavy atom. The molecule has 1 aromatic carbocycles. The number of halogens is 1. The molecule has 0 unspecified atom stereocenters. The van der Waals surface area contributed by atoms with E-state index in [2.05, 4.69) is 23.5 Å². The first kappa shape index (κ1) is 12.4. The fourth-order valence-electron chi connectivity index (χ4n) is 2.93. The minimum Gasteiger partial charge on any atom is -0.304 e. The van der Waals surface area contributed by atoms with Crippen LogP contribution in [-0.4, -0.2) is 12.1 Å². The van der Waals surface area contributed by atoms with Crippen molar-refractivity contribution >= 4 is 5.57 Å². The standard InChI is InChI=1S/C17H18FN/c1-17(2)16-13(9-6-10-15(16)18)14(11-19-17)12-7-4-3-5-8-12/h3-9,19H,10-11H2,1-2H3. The molecule has 1 aliphatic heterocycles. The molecular formula is C17H18FN.